The molecule has 0 saturated carbocycles. The van der Waals surface area contributed by atoms with Gasteiger partial charge in [0.15, 0.2) is 0 Å². The summed E-state index contributed by atoms with van der Waals surface area (Å²) >= 11 is 1.28. The van der Waals surface area contributed by atoms with E-state index in [2.05, 4.69) is 13.9 Å². The number of hydrogen-bond donors (Lipinski definition) is 0. The number of piperidine rings is 1. The fourth-order valence-corrected chi connectivity index (χ4v) is 3.06. The van der Waals surface area contributed by atoms with Crippen molar-refractivity contribution in [2.75, 3.05) is 13.1 Å². The third-order valence-corrected chi connectivity index (χ3v) is 4.31. The van der Waals surface area contributed by atoms with Crippen LogP contribution < -0.4 is 0 Å². The first-order valence-corrected chi connectivity index (χ1v) is 7.26. The number of carbonyl (C=O) groups excluding carboxylic acids is 1. The Bertz CT molecular complexity index is 515. The fourth-order valence-electron chi connectivity index (χ4n) is 2.49. The van der Waals surface area contributed by atoms with E-state index in [1.807, 2.05) is 23.6 Å². The van der Waals surface area contributed by atoms with Crippen molar-refractivity contribution < 1.29 is 4.79 Å². The first kappa shape index (κ1) is 12.3. The van der Waals surface area contributed by atoms with Gasteiger partial charge in [0.2, 0.25) is 0 Å². The van der Waals surface area contributed by atoms with Crippen molar-refractivity contribution in [1.82, 2.24) is 18.8 Å². The fraction of sp³-hybridized carbons (Fsp3) is 0.462. The van der Waals surface area contributed by atoms with Gasteiger partial charge in [0, 0.05) is 38.2 Å². The van der Waals surface area contributed by atoms with E-state index in [9.17, 15) is 4.79 Å². The molecule has 3 rings (SSSR count). The van der Waals surface area contributed by atoms with Gasteiger partial charge in [-0.3, -0.25) is 4.79 Å². The molecule has 0 atom stereocenters. The molecule has 0 aromatic carbocycles. The zero-order valence-corrected chi connectivity index (χ0v) is 11.4. The minimum absolute atomic E-state index is 0.128. The van der Waals surface area contributed by atoms with Gasteiger partial charge < -0.3 is 9.47 Å². The summed E-state index contributed by atoms with van der Waals surface area (Å²) in [5.41, 5.74) is 0. The Morgan fingerprint density at radius 1 is 1.37 bits per heavy atom. The summed E-state index contributed by atoms with van der Waals surface area (Å²) in [4.78, 5) is 18.9. The Balaban J connectivity index is 1.53. The third-order valence-electron chi connectivity index (χ3n) is 3.58. The number of hydrogen-bond acceptors (Lipinski definition) is 4. The lowest BCUT2D eigenvalue weighted by Gasteiger charge is -2.31. The molecule has 1 saturated heterocycles. The predicted molar refractivity (Wildman–Crippen MR) is 73.0 cm³/mol. The van der Waals surface area contributed by atoms with Crippen LogP contribution in [-0.2, 0) is 6.54 Å². The number of imidazole rings is 1. The van der Waals surface area contributed by atoms with Gasteiger partial charge >= 0.3 is 0 Å². The van der Waals surface area contributed by atoms with Crippen molar-refractivity contribution in [3.63, 3.8) is 0 Å². The van der Waals surface area contributed by atoms with E-state index in [4.69, 9.17) is 0 Å². The maximum atomic E-state index is 12.2. The summed E-state index contributed by atoms with van der Waals surface area (Å²) in [6.07, 6.45) is 9.46. The van der Waals surface area contributed by atoms with Crippen LogP contribution in [0.25, 0.3) is 0 Å². The zero-order valence-electron chi connectivity index (χ0n) is 10.6. The van der Waals surface area contributed by atoms with Crippen LogP contribution in [0, 0.1) is 5.92 Å². The molecule has 2 aromatic heterocycles. The molecule has 0 unspecified atom stereocenters. The molecule has 1 aliphatic rings. The highest BCUT2D eigenvalue weighted by molar-refractivity contribution is 7.08. The molecule has 0 spiro atoms. The molecular weight excluding hydrogens is 260 g/mol. The number of carbonyl (C=O) groups is 1. The summed E-state index contributed by atoms with van der Waals surface area (Å²) in [6.45, 7) is 2.69. The number of likely N-dealkylation sites (tertiary alicyclic amines) is 1. The molecule has 6 heteroatoms. The van der Waals surface area contributed by atoms with Crippen molar-refractivity contribution >= 4 is 17.4 Å². The topological polar surface area (TPSA) is 51.0 Å². The first-order chi connectivity index (χ1) is 9.33. The van der Waals surface area contributed by atoms with Gasteiger partial charge in [0.25, 0.3) is 5.91 Å². The van der Waals surface area contributed by atoms with Crippen LogP contribution in [-0.4, -0.2) is 37.8 Å². The quantitative estimate of drug-likeness (QED) is 0.860. The molecule has 3 heterocycles. The van der Waals surface area contributed by atoms with Crippen LogP contribution in [0.2, 0.25) is 0 Å². The average Bonchev–Trinajstić information content (AvgIpc) is 3.12. The average molecular weight is 276 g/mol. The van der Waals surface area contributed by atoms with E-state index in [0.29, 0.717) is 5.92 Å². The lowest BCUT2D eigenvalue weighted by molar-refractivity contribution is 0.0688. The second-order valence-corrected chi connectivity index (χ2v) is 5.70. The van der Waals surface area contributed by atoms with E-state index < -0.39 is 0 Å². The number of nitrogens with zero attached hydrogens (tertiary/aromatic N) is 4. The first-order valence-electron chi connectivity index (χ1n) is 6.48. The lowest BCUT2D eigenvalue weighted by Crippen LogP contribution is -2.39. The summed E-state index contributed by atoms with van der Waals surface area (Å²) in [6, 6.07) is 1.80. The Kier molecular flexibility index (Phi) is 3.59. The lowest BCUT2D eigenvalue weighted by atomic mass is 9.96. The molecule has 19 heavy (non-hydrogen) atoms. The highest BCUT2D eigenvalue weighted by atomic mass is 32.1. The maximum absolute atomic E-state index is 12.2. The minimum atomic E-state index is 0.128. The summed E-state index contributed by atoms with van der Waals surface area (Å²) in [7, 11) is 0. The minimum Gasteiger partial charge on any atom is -0.338 e. The van der Waals surface area contributed by atoms with Crippen molar-refractivity contribution in [2.24, 2.45) is 5.92 Å². The SMILES string of the molecule is O=C(c1ccns1)N1CCC(Cn2ccnc2)CC1. The number of rotatable bonds is 3. The molecule has 5 nitrogen and oxygen atoms in total. The highest BCUT2D eigenvalue weighted by Crippen LogP contribution is 2.21. The van der Waals surface area contributed by atoms with Crippen LogP contribution in [0.4, 0.5) is 0 Å². The normalized spacial score (nSPS) is 16.7. The molecule has 0 aliphatic carbocycles. The van der Waals surface area contributed by atoms with Crippen molar-refractivity contribution in [3.8, 4) is 0 Å². The predicted octanol–water partition coefficient (Wildman–Crippen LogP) is 1.89. The van der Waals surface area contributed by atoms with Gasteiger partial charge in [0.05, 0.1) is 6.33 Å². The molecular formula is C13H16N4OS. The molecule has 2 aromatic rings. The Labute approximate surface area is 116 Å². The Morgan fingerprint density at radius 2 is 2.21 bits per heavy atom. The van der Waals surface area contributed by atoms with E-state index in [1.54, 1.807) is 12.3 Å². The summed E-state index contributed by atoms with van der Waals surface area (Å²) in [5.74, 6) is 0.767. The Morgan fingerprint density at radius 3 is 2.84 bits per heavy atom. The van der Waals surface area contributed by atoms with E-state index in [0.717, 1.165) is 37.4 Å². The Hall–Kier alpha value is -1.69. The molecule has 100 valence electrons. The largest absolute Gasteiger partial charge is 0.338 e. The van der Waals surface area contributed by atoms with Gasteiger partial charge in [-0.1, -0.05) is 0 Å². The van der Waals surface area contributed by atoms with Crippen LogP contribution >= 0.6 is 11.5 Å². The highest BCUT2D eigenvalue weighted by Gasteiger charge is 2.24. The smallest absolute Gasteiger partial charge is 0.265 e. The van der Waals surface area contributed by atoms with Crippen LogP contribution in [0.15, 0.2) is 31.0 Å². The van der Waals surface area contributed by atoms with Crippen molar-refractivity contribution in [3.05, 3.63) is 35.9 Å². The van der Waals surface area contributed by atoms with Gasteiger partial charge in [-0.2, -0.15) is 0 Å². The van der Waals surface area contributed by atoms with Gasteiger partial charge in [-0.25, -0.2) is 9.36 Å². The third kappa shape index (κ3) is 2.84. The number of amides is 1. The molecule has 1 fully saturated rings. The van der Waals surface area contributed by atoms with Crippen molar-refractivity contribution in [1.29, 1.82) is 0 Å². The van der Waals surface area contributed by atoms with Gasteiger partial charge in [-0.15, -0.1) is 0 Å². The van der Waals surface area contributed by atoms with Gasteiger partial charge in [0.1, 0.15) is 4.88 Å². The summed E-state index contributed by atoms with van der Waals surface area (Å²) < 4.78 is 6.10. The molecule has 0 N–H and O–H groups in total. The molecule has 0 radical (unpaired) electrons. The van der Waals surface area contributed by atoms with Crippen LogP contribution in [0.5, 0.6) is 0 Å². The van der Waals surface area contributed by atoms with Gasteiger partial charge in [-0.05, 0) is 36.4 Å². The summed E-state index contributed by atoms with van der Waals surface area (Å²) in [5, 5.41) is 0. The van der Waals surface area contributed by atoms with E-state index >= 15 is 0 Å². The molecule has 0 bridgehead atoms. The van der Waals surface area contributed by atoms with Crippen LogP contribution in [0.3, 0.4) is 0 Å². The number of aromatic nitrogens is 3. The standard InChI is InChI=1S/C13H16N4OS/c18-13(12-1-4-15-19-12)17-6-2-11(3-7-17)9-16-8-5-14-10-16/h1,4-5,8,10-11H,2-3,6-7,9H2. The maximum Gasteiger partial charge on any atom is 0.265 e. The molecule has 1 aliphatic heterocycles. The van der Waals surface area contributed by atoms with E-state index in [1.165, 1.54) is 11.5 Å². The van der Waals surface area contributed by atoms with Crippen LogP contribution in [0.1, 0.15) is 22.5 Å². The van der Waals surface area contributed by atoms with Crippen molar-refractivity contribution in [2.45, 2.75) is 19.4 Å². The second-order valence-electron chi connectivity index (χ2n) is 4.87. The molecule has 1 amide bonds. The second kappa shape index (κ2) is 5.52. The van der Waals surface area contributed by atoms with E-state index in [-0.39, 0.29) is 5.91 Å². The zero-order chi connectivity index (χ0) is 13.1. The monoisotopic (exact) mass is 276 g/mol.